The van der Waals surface area contributed by atoms with E-state index in [0.29, 0.717) is 22.3 Å². The minimum atomic E-state index is -1.14. The van der Waals surface area contributed by atoms with Gasteiger partial charge in [0.1, 0.15) is 11.6 Å². The summed E-state index contributed by atoms with van der Waals surface area (Å²) in [6.45, 7) is 3.55. The van der Waals surface area contributed by atoms with Crippen molar-refractivity contribution >= 4 is 5.78 Å². The largest absolute Gasteiger partial charge is 0.505 e. The Hall–Kier alpha value is -3.08. The quantitative estimate of drug-likeness (QED) is 0.614. The molecule has 0 saturated heterocycles. The zero-order valence-corrected chi connectivity index (χ0v) is 14.8. The lowest BCUT2D eigenvalue weighted by molar-refractivity contribution is 0.0990. The number of halogens is 3. The molecule has 0 saturated carbocycles. The zero-order chi connectivity index (χ0) is 19.7. The monoisotopic (exact) mass is 370 g/mol. The van der Waals surface area contributed by atoms with Crippen molar-refractivity contribution in [3.63, 3.8) is 0 Å². The molecule has 0 aliphatic rings. The Bertz CT molecular complexity index is 1040. The van der Waals surface area contributed by atoms with E-state index in [2.05, 4.69) is 0 Å². The van der Waals surface area contributed by atoms with E-state index in [-0.39, 0.29) is 0 Å². The SMILES string of the molecule is Cc1cc(-c2cccc(F)c2)cc(C(=O)Cc2c(F)ccc(O)c2F)c1C. The first-order valence-electron chi connectivity index (χ1n) is 8.34. The highest BCUT2D eigenvalue weighted by atomic mass is 19.1. The summed E-state index contributed by atoms with van der Waals surface area (Å²) in [4.78, 5) is 12.8. The lowest BCUT2D eigenvalue weighted by Gasteiger charge is -2.13. The van der Waals surface area contributed by atoms with E-state index in [9.17, 15) is 23.1 Å². The second-order valence-corrected chi connectivity index (χ2v) is 6.44. The number of benzene rings is 3. The number of Topliss-reactive ketones (excluding diaryl/α,β-unsaturated/α-hetero) is 1. The first kappa shape index (κ1) is 18.7. The summed E-state index contributed by atoms with van der Waals surface area (Å²) >= 11 is 0. The number of aryl methyl sites for hydroxylation is 1. The Morgan fingerprint density at radius 1 is 0.963 bits per heavy atom. The van der Waals surface area contributed by atoms with Crippen LogP contribution in [-0.2, 0) is 6.42 Å². The highest BCUT2D eigenvalue weighted by molar-refractivity contribution is 6.00. The summed E-state index contributed by atoms with van der Waals surface area (Å²) < 4.78 is 41.5. The van der Waals surface area contributed by atoms with E-state index in [1.54, 1.807) is 25.1 Å². The molecule has 0 aliphatic carbocycles. The van der Waals surface area contributed by atoms with E-state index >= 15 is 0 Å². The van der Waals surface area contributed by atoms with Gasteiger partial charge in [-0.3, -0.25) is 4.79 Å². The predicted octanol–water partition coefficient (Wildman–Crippen LogP) is 5.52. The molecule has 3 aromatic rings. The van der Waals surface area contributed by atoms with Crippen molar-refractivity contribution in [3.8, 4) is 16.9 Å². The van der Waals surface area contributed by atoms with Crippen LogP contribution in [0.1, 0.15) is 27.0 Å². The Balaban J connectivity index is 2.04. The fraction of sp³-hybridized carbons (Fsp3) is 0.136. The third-order valence-electron chi connectivity index (χ3n) is 4.63. The lowest BCUT2D eigenvalue weighted by atomic mass is 9.91. The molecule has 0 fully saturated rings. The molecule has 3 aromatic carbocycles. The Morgan fingerprint density at radius 3 is 2.41 bits per heavy atom. The number of aromatic hydroxyl groups is 1. The molecule has 0 spiro atoms. The minimum absolute atomic E-state index is 0.302. The number of hydrogen-bond donors (Lipinski definition) is 1. The molecule has 0 heterocycles. The molecule has 27 heavy (non-hydrogen) atoms. The van der Waals surface area contributed by atoms with Crippen molar-refractivity contribution in [1.29, 1.82) is 0 Å². The third kappa shape index (κ3) is 3.72. The average Bonchev–Trinajstić information content (AvgIpc) is 2.64. The molecular weight excluding hydrogens is 353 g/mol. The van der Waals surface area contributed by atoms with Crippen LogP contribution in [-0.4, -0.2) is 10.9 Å². The van der Waals surface area contributed by atoms with Gasteiger partial charge in [0.15, 0.2) is 17.3 Å². The molecule has 0 unspecified atom stereocenters. The van der Waals surface area contributed by atoms with Crippen LogP contribution in [0.4, 0.5) is 13.2 Å². The van der Waals surface area contributed by atoms with Crippen LogP contribution in [0.2, 0.25) is 0 Å². The number of carbonyl (C=O) groups excluding carboxylic acids is 1. The Kier molecular flexibility index (Phi) is 5.04. The van der Waals surface area contributed by atoms with Gasteiger partial charge in [-0.05, 0) is 66.4 Å². The normalized spacial score (nSPS) is 10.9. The second kappa shape index (κ2) is 7.27. The van der Waals surface area contributed by atoms with Gasteiger partial charge in [0.25, 0.3) is 0 Å². The Labute approximate surface area is 154 Å². The number of ketones is 1. The molecular formula is C22H17F3O2. The van der Waals surface area contributed by atoms with Gasteiger partial charge < -0.3 is 5.11 Å². The molecule has 0 atom stereocenters. The predicted molar refractivity (Wildman–Crippen MR) is 97.4 cm³/mol. The van der Waals surface area contributed by atoms with Crippen molar-refractivity contribution in [2.24, 2.45) is 0 Å². The van der Waals surface area contributed by atoms with Crippen molar-refractivity contribution in [3.05, 3.63) is 88.2 Å². The summed E-state index contributed by atoms with van der Waals surface area (Å²) in [6, 6.07) is 11.2. The van der Waals surface area contributed by atoms with Gasteiger partial charge in [-0.1, -0.05) is 18.2 Å². The van der Waals surface area contributed by atoms with Gasteiger partial charge in [-0.25, -0.2) is 13.2 Å². The fourth-order valence-corrected chi connectivity index (χ4v) is 2.99. The van der Waals surface area contributed by atoms with Crippen LogP contribution in [0, 0.1) is 31.3 Å². The molecule has 0 amide bonds. The van der Waals surface area contributed by atoms with E-state index in [1.807, 2.05) is 13.0 Å². The zero-order valence-electron chi connectivity index (χ0n) is 14.8. The minimum Gasteiger partial charge on any atom is -0.505 e. The Morgan fingerprint density at radius 2 is 1.70 bits per heavy atom. The van der Waals surface area contributed by atoms with Crippen LogP contribution in [0.15, 0.2) is 48.5 Å². The average molecular weight is 370 g/mol. The fourth-order valence-electron chi connectivity index (χ4n) is 2.99. The maximum Gasteiger partial charge on any atom is 0.171 e. The molecule has 138 valence electrons. The number of phenols is 1. The first-order chi connectivity index (χ1) is 12.8. The number of rotatable bonds is 4. The van der Waals surface area contributed by atoms with Crippen LogP contribution in [0.5, 0.6) is 5.75 Å². The van der Waals surface area contributed by atoms with Gasteiger partial charge in [-0.2, -0.15) is 0 Å². The smallest absolute Gasteiger partial charge is 0.171 e. The van der Waals surface area contributed by atoms with E-state index in [4.69, 9.17) is 0 Å². The van der Waals surface area contributed by atoms with Crippen LogP contribution in [0.25, 0.3) is 11.1 Å². The van der Waals surface area contributed by atoms with Gasteiger partial charge in [0.05, 0.1) is 0 Å². The van der Waals surface area contributed by atoms with E-state index in [1.165, 1.54) is 12.1 Å². The van der Waals surface area contributed by atoms with Crippen molar-refractivity contribution < 1.29 is 23.1 Å². The van der Waals surface area contributed by atoms with E-state index in [0.717, 1.165) is 17.7 Å². The van der Waals surface area contributed by atoms with Crippen molar-refractivity contribution in [2.45, 2.75) is 20.3 Å². The summed E-state index contributed by atoms with van der Waals surface area (Å²) in [7, 11) is 0. The number of hydrogen-bond acceptors (Lipinski definition) is 2. The molecule has 2 nitrogen and oxygen atoms in total. The summed E-state index contributed by atoms with van der Waals surface area (Å²) in [5.41, 5.74) is 2.54. The standard InChI is InChI=1S/C22H17F3O2/c1-12-8-15(14-4-3-5-16(23)9-14)10-17(13(12)2)21(27)11-18-19(24)6-7-20(26)22(18)25/h3-10,26H,11H2,1-2H3. The number of phenolic OH excluding ortho intramolecular Hbond substituents is 1. The molecule has 5 heteroatoms. The van der Waals surface area contributed by atoms with Gasteiger partial charge >= 0.3 is 0 Å². The molecule has 0 aromatic heterocycles. The maximum absolute atomic E-state index is 14.0. The highest BCUT2D eigenvalue weighted by Gasteiger charge is 2.20. The van der Waals surface area contributed by atoms with Gasteiger partial charge in [-0.15, -0.1) is 0 Å². The van der Waals surface area contributed by atoms with Crippen molar-refractivity contribution in [2.75, 3.05) is 0 Å². The molecule has 0 bridgehead atoms. The summed E-state index contributed by atoms with van der Waals surface area (Å²) in [6.07, 6.45) is -0.529. The number of carbonyl (C=O) groups is 1. The molecule has 3 rings (SSSR count). The summed E-state index contributed by atoms with van der Waals surface area (Å²) in [5, 5.41) is 9.44. The maximum atomic E-state index is 14.0. The van der Waals surface area contributed by atoms with Crippen LogP contribution < -0.4 is 0 Å². The molecule has 0 radical (unpaired) electrons. The van der Waals surface area contributed by atoms with Crippen LogP contribution >= 0.6 is 0 Å². The van der Waals surface area contributed by atoms with Crippen LogP contribution in [0.3, 0.4) is 0 Å². The first-order valence-corrected chi connectivity index (χ1v) is 8.34. The highest BCUT2D eigenvalue weighted by Crippen LogP contribution is 2.28. The topological polar surface area (TPSA) is 37.3 Å². The van der Waals surface area contributed by atoms with Gasteiger partial charge in [0.2, 0.25) is 0 Å². The molecule has 1 N–H and O–H groups in total. The second-order valence-electron chi connectivity index (χ2n) is 6.44. The van der Waals surface area contributed by atoms with E-state index < -0.39 is 41.0 Å². The summed E-state index contributed by atoms with van der Waals surface area (Å²) in [5.74, 6) is -3.63. The lowest BCUT2D eigenvalue weighted by Crippen LogP contribution is -2.10. The van der Waals surface area contributed by atoms with Crippen molar-refractivity contribution in [1.82, 2.24) is 0 Å². The third-order valence-corrected chi connectivity index (χ3v) is 4.63. The van der Waals surface area contributed by atoms with Gasteiger partial charge in [0, 0.05) is 17.5 Å². The molecule has 0 aliphatic heterocycles.